The lowest BCUT2D eigenvalue weighted by molar-refractivity contribution is 0.144. The summed E-state index contributed by atoms with van der Waals surface area (Å²) >= 11 is 0. The third kappa shape index (κ3) is 3.20. The van der Waals surface area contributed by atoms with Crippen LogP contribution in [0.5, 0.6) is 0 Å². The quantitative estimate of drug-likeness (QED) is 0.840. The number of carbonyl (C=O) groups is 1. The Morgan fingerprint density at radius 2 is 2.13 bits per heavy atom. The average Bonchev–Trinajstić information content (AvgIpc) is 2.89. The minimum absolute atomic E-state index is 0.0720. The van der Waals surface area contributed by atoms with Gasteiger partial charge in [-0.05, 0) is 0 Å². The Labute approximate surface area is 132 Å². The summed E-state index contributed by atoms with van der Waals surface area (Å²) < 4.78 is 33.7. The molecule has 0 aliphatic carbocycles. The summed E-state index contributed by atoms with van der Waals surface area (Å²) in [5.74, 6) is -1.62. The molecule has 2 heterocycles. The minimum atomic E-state index is -0.811. The van der Waals surface area contributed by atoms with E-state index in [4.69, 9.17) is 14.5 Å². The average molecular weight is 345 g/mol. The fourth-order valence-electron chi connectivity index (χ4n) is 2.43. The second-order valence-corrected chi connectivity index (χ2v) is 5.71. The number of hydrogen-bond donors (Lipinski definition) is 1. The van der Waals surface area contributed by atoms with E-state index in [1.807, 2.05) is 0 Å². The summed E-state index contributed by atoms with van der Waals surface area (Å²) in [7, 11) is -0.360. The maximum atomic E-state index is 14.3. The SMILES string of the molecule is O=C1OC(CPO)CN1c1cc(F)c(N2C=NOCC2)c(F)c1. The Morgan fingerprint density at radius 3 is 2.74 bits per heavy atom. The van der Waals surface area contributed by atoms with Gasteiger partial charge in [-0.15, -0.1) is 0 Å². The van der Waals surface area contributed by atoms with Crippen molar-refractivity contribution in [2.45, 2.75) is 6.10 Å². The lowest BCUT2D eigenvalue weighted by Crippen LogP contribution is -2.31. The van der Waals surface area contributed by atoms with Crippen LogP contribution in [0.3, 0.4) is 0 Å². The highest BCUT2D eigenvalue weighted by Gasteiger charge is 2.33. The lowest BCUT2D eigenvalue weighted by atomic mass is 10.2. The molecule has 1 N–H and O–H groups in total. The number of benzene rings is 1. The summed E-state index contributed by atoms with van der Waals surface area (Å²) in [6.45, 7) is 0.630. The van der Waals surface area contributed by atoms with Gasteiger partial charge in [-0.1, -0.05) is 5.16 Å². The number of hydrogen-bond acceptors (Lipinski definition) is 6. The number of ether oxygens (including phenoxy) is 1. The van der Waals surface area contributed by atoms with Crippen LogP contribution in [0.4, 0.5) is 25.0 Å². The van der Waals surface area contributed by atoms with E-state index >= 15 is 0 Å². The van der Waals surface area contributed by atoms with E-state index in [-0.39, 0.29) is 39.9 Å². The normalized spacial score (nSPS) is 21.2. The van der Waals surface area contributed by atoms with Crippen LogP contribution in [-0.2, 0) is 9.57 Å². The van der Waals surface area contributed by atoms with Gasteiger partial charge in [0.1, 0.15) is 24.7 Å². The van der Waals surface area contributed by atoms with Gasteiger partial charge in [0.15, 0.2) is 11.6 Å². The first kappa shape index (κ1) is 15.9. The summed E-state index contributed by atoms with van der Waals surface area (Å²) in [5, 5.41) is 3.52. The van der Waals surface area contributed by atoms with E-state index < -0.39 is 23.8 Å². The smallest absolute Gasteiger partial charge is 0.414 e. The van der Waals surface area contributed by atoms with Gasteiger partial charge >= 0.3 is 6.09 Å². The molecule has 2 aliphatic heterocycles. The molecule has 1 fully saturated rings. The first-order chi connectivity index (χ1) is 11.1. The number of halogens is 2. The number of carbonyl (C=O) groups excluding carboxylic acids is 1. The molecule has 124 valence electrons. The number of cyclic esters (lactones) is 1. The predicted molar refractivity (Wildman–Crippen MR) is 81.2 cm³/mol. The highest BCUT2D eigenvalue weighted by Crippen LogP contribution is 2.31. The van der Waals surface area contributed by atoms with Crippen LogP contribution in [0.1, 0.15) is 0 Å². The summed E-state index contributed by atoms with van der Waals surface area (Å²) in [6.07, 6.45) is 0.332. The second-order valence-electron chi connectivity index (χ2n) is 4.98. The van der Waals surface area contributed by atoms with Crippen molar-refractivity contribution >= 4 is 32.6 Å². The van der Waals surface area contributed by atoms with Gasteiger partial charge in [-0.3, -0.25) is 4.90 Å². The van der Waals surface area contributed by atoms with Gasteiger partial charge in [0.05, 0.1) is 18.8 Å². The predicted octanol–water partition coefficient (Wildman–Crippen LogP) is 1.66. The Hall–Kier alpha value is -1.99. The van der Waals surface area contributed by atoms with Crippen molar-refractivity contribution in [2.24, 2.45) is 5.16 Å². The fraction of sp³-hybridized carbons (Fsp3) is 0.385. The standard InChI is InChI=1S/C13H14F2N3O4P/c14-10-3-8(18-5-9(6-23-20)22-13(18)19)4-11(15)12(10)17-1-2-21-16-7-17/h3-4,7,9,20,23H,1-2,5-6H2. The summed E-state index contributed by atoms with van der Waals surface area (Å²) in [4.78, 5) is 27.9. The number of rotatable bonds is 4. The van der Waals surface area contributed by atoms with Crippen LogP contribution >= 0.6 is 8.81 Å². The Kier molecular flexibility index (Phi) is 4.58. The zero-order valence-electron chi connectivity index (χ0n) is 11.9. The van der Waals surface area contributed by atoms with E-state index in [1.165, 1.54) is 11.2 Å². The van der Waals surface area contributed by atoms with E-state index in [2.05, 4.69) is 5.16 Å². The Balaban J connectivity index is 1.86. The highest BCUT2D eigenvalue weighted by molar-refractivity contribution is 7.31. The van der Waals surface area contributed by atoms with Crippen molar-refractivity contribution in [3.05, 3.63) is 23.8 Å². The van der Waals surface area contributed by atoms with Crippen LogP contribution in [-0.4, -0.2) is 49.3 Å². The molecule has 2 atom stereocenters. The van der Waals surface area contributed by atoms with Crippen LogP contribution < -0.4 is 9.80 Å². The molecule has 0 saturated carbocycles. The van der Waals surface area contributed by atoms with Crippen molar-refractivity contribution in [3.63, 3.8) is 0 Å². The molecule has 0 spiro atoms. The molecular weight excluding hydrogens is 331 g/mol. The van der Waals surface area contributed by atoms with Crippen LogP contribution in [0, 0.1) is 11.6 Å². The van der Waals surface area contributed by atoms with Crippen molar-refractivity contribution < 1.29 is 28.0 Å². The van der Waals surface area contributed by atoms with Crippen molar-refractivity contribution in [2.75, 3.05) is 35.7 Å². The molecular formula is C13H14F2N3O4P. The third-order valence-corrected chi connectivity index (χ3v) is 4.12. The molecule has 1 aromatic carbocycles. The molecule has 1 amide bonds. The van der Waals surface area contributed by atoms with Crippen LogP contribution in [0.15, 0.2) is 17.3 Å². The van der Waals surface area contributed by atoms with Gasteiger partial charge < -0.3 is 19.4 Å². The van der Waals surface area contributed by atoms with Gasteiger partial charge in [0.2, 0.25) is 0 Å². The van der Waals surface area contributed by atoms with E-state index in [9.17, 15) is 13.6 Å². The largest absolute Gasteiger partial charge is 0.443 e. The zero-order chi connectivity index (χ0) is 16.4. The molecule has 3 rings (SSSR count). The molecule has 10 heteroatoms. The molecule has 0 radical (unpaired) electrons. The first-order valence-corrected chi connectivity index (χ1v) is 8.02. The summed E-state index contributed by atoms with van der Waals surface area (Å²) in [6, 6.07) is 2.15. The van der Waals surface area contributed by atoms with Gasteiger partial charge in [0, 0.05) is 27.1 Å². The zero-order valence-corrected chi connectivity index (χ0v) is 12.9. The Morgan fingerprint density at radius 1 is 1.39 bits per heavy atom. The van der Waals surface area contributed by atoms with Crippen molar-refractivity contribution in [1.29, 1.82) is 0 Å². The molecule has 2 unspecified atom stereocenters. The van der Waals surface area contributed by atoms with Gasteiger partial charge in [-0.2, -0.15) is 0 Å². The lowest BCUT2D eigenvalue weighted by Gasteiger charge is -2.24. The molecule has 7 nitrogen and oxygen atoms in total. The van der Waals surface area contributed by atoms with Gasteiger partial charge in [0.25, 0.3) is 0 Å². The molecule has 23 heavy (non-hydrogen) atoms. The number of anilines is 2. The van der Waals surface area contributed by atoms with Crippen LogP contribution in [0.2, 0.25) is 0 Å². The first-order valence-electron chi connectivity index (χ1n) is 6.86. The number of nitrogens with zero attached hydrogens (tertiary/aromatic N) is 3. The topological polar surface area (TPSA) is 74.6 Å². The van der Waals surface area contributed by atoms with Crippen LogP contribution in [0.25, 0.3) is 0 Å². The number of oxime groups is 1. The monoisotopic (exact) mass is 345 g/mol. The molecule has 2 aliphatic rings. The maximum absolute atomic E-state index is 14.3. The third-order valence-electron chi connectivity index (χ3n) is 3.48. The maximum Gasteiger partial charge on any atom is 0.414 e. The summed E-state index contributed by atoms with van der Waals surface area (Å²) in [5.41, 5.74) is -0.176. The molecule has 0 aromatic heterocycles. The Bertz CT molecular complexity index is 623. The minimum Gasteiger partial charge on any atom is -0.443 e. The number of amides is 1. The second kappa shape index (κ2) is 6.64. The van der Waals surface area contributed by atoms with Crippen molar-refractivity contribution in [3.8, 4) is 0 Å². The van der Waals surface area contributed by atoms with E-state index in [0.29, 0.717) is 6.16 Å². The fourth-order valence-corrected chi connectivity index (χ4v) is 2.85. The molecule has 1 aromatic rings. The van der Waals surface area contributed by atoms with Gasteiger partial charge in [-0.25, -0.2) is 13.6 Å². The molecule has 1 saturated heterocycles. The molecule has 0 bridgehead atoms. The van der Waals surface area contributed by atoms with E-state index in [0.717, 1.165) is 17.0 Å². The van der Waals surface area contributed by atoms with E-state index in [1.54, 1.807) is 0 Å². The highest BCUT2D eigenvalue weighted by atomic mass is 31.1. The van der Waals surface area contributed by atoms with Crippen molar-refractivity contribution in [1.82, 2.24) is 0 Å².